The molecule has 550 valence electrons. The van der Waals surface area contributed by atoms with Gasteiger partial charge in [-0.05, 0) is 134 Å². The Morgan fingerprint density at radius 1 is 0.627 bits per heavy atom. The SMILES string of the molecule is COc1cccc(CCc2ccccc2OCC(CN(C)C)OC(=O)CCC(=O)N(C)C(C(=O)NCCOCCOCCOCCOCCOCCNC(=O)CNC(=O)CCCCN2/C(=C/C=C/C3=[N+](C)c4ccc5ccccc5c4C3(C)C)C(C)(C)c3c2ccc2ccccc32)C(C)(C)C)c1. The average Bonchev–Trinajstić information content (AvgIpc) is 1.58. The van der Waals surface area contributed by atoms with Crippen LogP contribution < -0.4 is 30.3 Å². The Labute approximate surface area is 604 Å². The van der Waals surface area contributed by atoms with E-state index in [0.29, 0.717) is 85.4 Å². The lowest BCUT2D eigenvalue weighted by atomic mass is 9.79. The van der Waals surface area contributed by atoms with Crippen LogP contribution >= 0.6 is 0 Å². The number of fused-ring (bicyclic) bond motifs is 6. The second-order valence-electron chi connectivity index (χ2n) is 28.5. The van der Waals surface area contributed by atoms with Gasteiger partial charge in [-0.15, -0.1) is 0 Å². The van der Waals surface area contributed by atoms with Crippen molar-refractivity contribution in [1.29, 1.82) is 0 Å². The molecule has 0 aromatic heterocycles. The van der Waals surface area contributed by atoms with Gasteiger partial charge in [-0.3, -0.25) is 24.0 Å². The summed E-state index contributed by atoms with van der Waals surface area (Å²) in [6.45, 7) is 20.1. The van der Waals surface area contributed by atoms with E-state index in [0.717, 1.165) is 48.4 Å². The summed E-state index contributed by atoms with van der Waals surface area (Å²) >= 11 is 0. The van der Waals surface area contributed by atoms with E-state index < -0.39 is 23.5 Å². The first-order chi connectivity index (χ1) is 49.0. The molecule has 8 rings (SSSR count). The summed E-state index contributed by atoms with van der Waals surface area (Å²) in [6.07, 6.45) is 9.21. The summed E-state index contributed by atoms with van der Waals surface area (Å²) in [5.41, 5.74) is 8.64. The number of methoxy groups -OCH3 is 1. The van der Waals surface area contributed by atoms with Crippen molar-refractivity contribution in [2.75, 3.05) is 146 Å². The molecular weight excluding hydrogens is 1290 g/mol. The molecule has 2 atom stereocenters. The zero-order valence-corrected chi connectivity index (χ0v) is 62.3. The average molecular weight is 1400 g/mol. The smallest absolute Gasteiger partial charge is 0.306 e. The predicted molar refractivity (Wildman–Crippen MR) is 402 cm³/mol. The van der Waals surface area contributed by atoms with Crippen molar-refractivity contribution in [3.8, 4) is 11.5 Å². The van der Waals surface area contributed by atoms with Gasteiger partial charge in [-0.2, -0.15) is 4.58 Å². The quantitative estimate of drug-likeness (QED) is 0.0185. The van der Waals surface area contributed by atoms with E-state index in [1.165, 1.54) is 60.4 Å². The van der Waals surface area contributed by atoms with Crippen molar-refractivity contribution in [1.82, 2.24) is 25.8 Å². The maximum absolute atomic E-state index is 13.5. The van der Waals surface area contributed by atoms with Crippen LogP contribution in [0.15, 0.2) is 145 Å². The third-order valence-electron chi connectivity index (χ3n) is 18.7. The molecule has 20 nitrogen and oxygen atoms in total. The van der Waals surface area contributed by atoms with Gasteiger partial charge in [-0.25, -0.2) is 0 Å². The molecule has 0 aliphatic carbocycles. The Morgan fingerprint density at radius 2 is 1.24 bits per heavy atom. The number of hydrogen-bond donors (Lipinski definition) is 3. The Bertz CT molecular complexity index is 3870. The molecule has 102 heavy (non-hydrogen) atoms. The van der Waals surface area contributed by atoms with Crippen LogP contribution in [0.3, 0.4) is 0 Å². The fraction of sp³-hybridized carbons (Fsp3) is 0.488. The minimum Gasteiger partial charge on any atom is -0.497 e. The second kappa shape index (κ2) is 38.7. The molecule has 2 heterocycles. The minimum absolute atomic E-state index is 0.105. The molecule has 3 N–H and O–H groups in total. The molecule has 2 aliphatic heterocycles. The van der Waals surface area contributed by atoms with Crippen molar-refractivity contribution >= 4 is 68.2 Å². The molecule has 6 aromatic rings. The van der Waals surface area contributed by atoms with E-state index in [4.69, 9.17) is 37.9 Å². The highest BCUT2D eigenvalue weighted by atomic mass is 16.6. The number of likely N-dealkylation sites (N-methyl/N-ethyl adjacent to an activating group) is 2. The summed E-state index contributed by atoms with van der Waals surface area (Å²) in [6, 6.07) is 41.1. The Morgan fingerprint density at radius 3 is 1.88 bits per heavy atom. The Kier molecular flexibility index (Phi) is 30.0. The largest absolute Gasteiger partial charge is 0.497 e. The zero-order chi connectivity index (χ0) is 73.2. The number of benzene rings is 6. The molecular formula is C82H110N7O13+. The summed E-state index contributed by atoms with van der Waals surface area (Å²) in [7, 11) is 9.18. The minimum atomic E-state index is -0.805. The van der Waals surface area contributed by atoms with E-state index in [1.54, 1.807) is 14.2 Å². The first-order valence-electron chi connectivity index (χ1n) is 35.9. The molecule has 0 bridgehead atoms. The fourth-order valence-corrected chi connectivity index (χ4v) is 13.8. The van der Waals surface area contributed by atoms with Crippen LogP contribution in [0.1, 0.15) is 103 Å². The van der Waals surface area contributed by atoms with Crippen molar-refractivity contribution < 1.29 is 66.4 Å². The summed E-state index contributed by atoms with van der Waals surface area (Å²) in [5.74, 6) is -0.123. The van der Waals surface area contributed by atoms with E-state index in [2.05, 4.69) is 157 Å². The van der Waals surface area contributed by atoms with Gasteiger partial charge in [0.1, 0.15) is 37.3 Å². The molecule has 0 radical (unpaired) electrons. The molecule has 0 saturated heterocycles. The monoisotopic (exact) mass is 1400 g/mol. The van der Waals surface area contributed by atoms with Gasteiger partial charge in [0.25, 0.3) is 0 Å². The number of carbonyl (C=O) groups is 5. The van der Waals surface area contributed by atoms with Crippen LogP contribution in [0.25, 0.3) is 21.5 Å². The van der Waals surface area contributed by atoms with Crippen LogP contribution in [-0.2, 0) is 76.1 Å². The highest BCUT2D eigenvalue weighted by molar-refractivity contribution is 6.08. The van der Waals surface area contributed by atoms with Gasteiger partial charge in [0.05, 0.1) is 91.6 Å². The van der Waals surface area contributed by atoms with Crippen LogP contribution in [0.2, 0.25) is 0 Å². The number of nitrogens with one attached hydrogen (secondary N) is 3. The van der Waals surface area contributed by atoms with Crippen molar-refractivity contribution in [2.24, 2.45) is 5.41 Å². The van der Waals surface area contributed by atoms with Gasteiger partial charge in [0.15, 0.2) is 5.71 Å². The molecule has 0 saturated carbocycles. The maximum Gasteiger partial charge on any atom is 0.306 e. The number of rotatable bonds is 42. The fourth-order valence-electron chi connectivity index (χ4n) is 13.8. The van der Waals surface area contributed by atoms with Gasteiger partial charge in [0, 0.05) is 80.6 Å². The number of aryl methyl sites for hydroxylation is 2. The molecule has 4 amide bonds. The number of carbonyl (C=O) groups excluding carboxylic acids is 5. The molecule has 6 aromatic carbocycles. The first-order valence-corrected chi connectivity index (χ1v) is 35.9. The Hall–Kier alpha value is -8.50. The third-order valence-corrected chi connectivity index (χ3v) is 18.7. The summed E-state index contributed by atoms with van der Waals surface area (Å²) < 4.78 is 48.0. The topological polar surface area (TPSA) is 208 Å². The lowest BCUT2D eigenvalue weighted by Gasteiger charge is -2.36. The normalized spacial score (nSPS) is 14.9. The molecule has 2 aliphatic rings. The summed E-state index contributed by atoms with van der Waals surface area (Å²) in [5, 5.41) is 13.5. The molecule has 2 unspecified atom stereocenters. The summed E-state index contributed by atoms with van der Waals surface area (Å²) in [4.78, 5) is 71.5. The number of allylic oxidation sites excluding steroid dienone is 4. The van der Waals surface area contributed by atoms with E-state index in [1.807, 2.05) is 82.2 Å². The number of ether oxygens (including phenoxy) is 8. The zero-order valence-electron chi connectivity index (χ0n) is 62.3. The van der Waals surface area contributed by atoms with Crippen LogP contribution in [0.5, 0.6) is 11.5 Å². The number of amides is 4. The number of unbranched alkanes of at least 4 members (excludes halogenated alkanes) is 1. The van der Waals surface area contributed by atoms with E-state index >= 15 is 0 Å². The number of hydrogen-bond acceptors (Lipinski definition) is 15. The first kappa shape index (κ1) is 79.2. The van der Waals surface area contributed by atoms with Gasteiger partial charge in [-0.1, -0.05) is 126 Å². The lowest BCUT2D eigenvalue weighted by Crippen LogP contribution is -2.54. The highest BCUT2D eigenvalue weighted by Crippen LogP contribution is 2.51. The number of para-hydroxylation sites is 1. The predicted octanol–water partition coefficient (Wildman–Crippen LogP) is 10.8. The number of nitrogens with zero attached hydrogens (tertiary/aromatic N) is 4. The van der Waals surface area contributed by atoms with E-state index in [9.17, 15) is 24.0 Å². The lowest BCUT2D eigenvalue weighted by molar-refractivity contribution is -0.401. The third kappa shape index (κ3) is 22.3. The maximum atomic E-state index is 13.5. The van der Waals surface area contributed by atoms with Gasteiger partial charge in [0.2, 0.25) is 29.3 Å². The van der Waals surface area contributed by atoms with Crippen molar-refractivity contribution in [2.45, 2.75) is 116 Å². The van der Waals surface area contributed by atoms with Crippen molar-refractivity contribution in [3.05, 3.63) is 168 Å². The second-order valence-corrected chi connectivity index (χ2v) is 28.5. The van der Waals surface area contributed by atoms with Gasteiger partial charge >= 0.3 is 5.97 Å². The molecule has 0 fully saturated rings. The highest BCUT2D eigenvalue weighted by Gasteiger charge is 2.45. The van der Waals surface area contributed by atoms with Crippen LogP contribution in [-0.4, -0.2) is 203 Å². The van der Waals surface area contributed by atoms with Crippen LogP contribution in [0, 0.1) is 5.41 Å². The van der Waals surface area contributed by atoms with Gasteiger partial charge < -0.3 is 68.5 Å². The van der Waals surface area contributed by atoms with Crippen molar-refractivity contribution in [3.63, 3.8) is 0 Å². The molecule has 0 spiro atoms. The molecule has 20 heteroatoms. The number of esters is 1. The standard InChI is InChI=1S/C82H109N7O13/c1-80(2,3)78(88(11)74(92)40-41-75(93)102-64(57-86(8)9)58-101-69-30-18-15-26-62(69)35-34-59-23-21-27-63(55-59)95-12)79(94)84-43-46-97-48-50-99-52-54-100-53-51-98-49-47-96-45-42-83-73(91)56-85-72(90)33-19-20-44-89-68-39-37-61-25-14-17-29-66(61)77(68)82(6,7)71(89)32-22-31-70-81(4,5)76-65-28-16-13-24-60(65)36-38-67(76)87(70)10/h13-18,21-32,36-39,55,64,78H,19-20,33-35,40-54,56-58H2,1-12H3,(H2-,83,84,85,90,91,94)/p+1. The number of anilines is 1. The Balaban J connectivity index is 0.622. The van der Waals surface area contributed by atoms with E-state index in [-0.39, 0.29) is 73.6 Å². The van der Waals surface area contributed by atoms with Crippen LogP contribution in [0.4, 0.5) is 11.4 Å².